The standard InChI is InChI=1S/C16H18F3N3O/c1-11-4-2-7-22-14(23)8-13(20-15(11)22)10-21-6-3-5-12(9-21)16(17,18)19/h2,4,7-8,12H,3,5-6,9-10H2,1H3. The SMILES string of the molecule is Cc1cccn2c(=O)cc(CN3CCCC(C(F)(F)F)C3)nc12. The van der Waals surface area contributed by atoms with E-state index in [0.717, 1.165) is 5.56 Å². The first-order chi connectivity index (χ1) is 10.8. The number of alkyl halides is 3. The third-order valence-electron chi connectivity index (χ3n) is 4.29. The van der Waals surface area contributed by atoms with Crippen LogP contribution in [0.15, 0.2) is 29.2 Å². The Morgan fingerprint density at radius 1 is 1.39 bits per heavy atom. The lowest BCUT2D eigenvalue weighted by atomic mass is 9.97. The zero-order valence-electron chi connectivity index (χ0n) is 12.8. The van der Waals surface area contributed by atoms with E-state index in [4.69, 9.17) is 0 Å². The first-order valence-corrected chi connectivity index (χ1v) is 7.61. The van der Waals surface area contributed by atoms with Gasteiger partial charge in [0.25, 0.3) is 5.56 Å². The van der Waals surface area contributed by atoms with Gasteiger partial charge in [0, 0.05) is 25.4 Å². The number of hydrogen-bond acceptors (Lipinski definition) is 3. The number of halogens is 3. The second-order valence-electron chi connectivity index (χ2n) is 6.09. The number of hydrogen-bond donors (Lipinski definition) is 0. The summed E-state index contributed by atoms with van der Waals surface area (Å²) in [5.74, 6) is -1.29. The van der Waals surface area contributed by atoms with Gasteiger partial charge in [-0.15, -0.1) is 0 Å². The molecule has 23 heavy (non-hydrogen) atoms. The molecule has 0 aliphatic carbocycles. The summed E-state index contributed by atoms with van der Waals surface area (Å²) in [5, 5.41) is 0. The van der Waals surface area contributed by atoms with Crippen molar-refractivity contribution in [1.82, 2.24) is 14.3 Å². The molecule has 2 aromatic heterocycles. The molecular weight excluding hydrogens is 307 g/mol. The Kier molecular flexibility index (Phi) is 4.14. The van der Waals surface area contributed by atoms with E-state index in [2.05, 4.69) is 4.98 Å². The lowest BCUT2D eigenvalue weighted by molar-refractivity contribution is -0.187. The fourth-order valence-electron chi connectivity index (χ4n) is 3.09. The predicted octanol–water partition coefficient (Wildman–Crippen LogP) is 2.78. The van der Waals surface area contributed by atoms with Gasteiger partial charge in [0.05, 0.1) is 11.6 Å². The van der Waals surface area contributed by atoms with Gasteiger partial charge in [0.15, 0.2) is 0 Å². The molecule has 0 aromatic carbocycles. The van der Waals surface area contributed by atoms with E-state index in [0.29, 0.717) is 24.3 Å². The van der Waals surface area contributed by atoms with Crippen LogP contribution in [-0.2, 0) is 6.54 Å². The summed E-state index contributed by atoms with van der Waals surface area (Å²) in [7, 11) is 0. The molecule has 1 aliphatic rings. The molecule has 124 valence electrons. The molecule has 2 aromatic rings. The fraction of sp³-hybridized carbons (Fsp3) is 0.500. The molecule has 1 unspecified atom stereocenters. The Bertz CT molecular complexity index is 769. The topological polar surface area (TPSA) is 37.6 Å². The van der Waals surface area contributed by atoms with E-state index in [1.54, 1.807) is 17.2 Å². The molecule has 0 saturated carbocycles. The second kappa shape index (κ2) is 5.96. The fourth-order valence-corrected chi connectivity index (χ4v) is 3.09. The maximum absolute atomic E-state index is 12.9. The highest BCUT2D eigenvalue weighted by Gasteiger charge is 2.41. The Morgan fingerprint density at radius 3 is 2.91 bits per heavy atom. The largest absolute Gasteiger partial charge is 0.393 e. The Balaban J connectivity index is 1.84. The third-order valence-corrected chi connectivity index (χ3v) is 4.29. The lowest BCUT2D eigenvalue weighted by Gasteiger charge is -2.33. The van der Waals surface area contributed by atoms with E-state index in [9.17, 15) is 18.0 Å². The number of fused-ring (bicyclic) bond motifs is 1. The van der Waals surface area contributed by atoms with E-state index >= 15 is 0 Å². The van der Waals surface area contributed by atoms with Crippen molar-refractivity contribution >= 4 is 5.65 Å². The van der Waals surface area contributed by atoms with E-state index in [1.807, 2.05) is 13.0 Å². The van der Waals surface area contributed by atoms with Crippen LogP contribution in [0.4, 0.5) is 13.2 Å². The van der Waals surface area contributed by atoms with Crippen molar-refractivity contribution in [2.75, 3.05) is 13.1 Å². The van der Waals surface area contributed by atoms with Crippen LogP contribution in [0, 0.1) is 12.8 Å². The van der Waals surface area contributed by atoms with Crippen LogP contribution >= 0.6 is 0 Å². The summed E-state index contributed by atoms with van der Waals surface area (Å²) in [6.45, 7) is 2.69. The first kappa shape index (κ1) is 16.0. The maximum atomic E-state index is 12.9. The van der Waals surface area contributed by atoms with Crippen molar-refractivity contribution in [1.29, 1.82) is 0 Å². The molecule has 4 nitrogen and oxygen atoms in total. The van der Waals surface area contributed by atoms with Gasteiger partial charge in [-0.3, -0.25) is 14.1 Å². The average Bonchev–Trinajstić information content (AvgIpc) is 2.48. The van der Waals surface area contributed by atoms with Crippen LogP contribution in [0.25, 0.3) is 5.65 Å². The summed E-state index contributed by atoms with van der Waals surface area (Å²) in [6.07, 6.45) is -1.84. The van der Waals surface area contributed by atoms with Crippen molar-refractivity contribution in [2.24, 2.45) is 5.92 Å². The first-order valence-electron chi connectivity index (χ1n) is 7.61. The van der Waals surface area contributed by atoms with Crippen molar-refractivity contribution in [2.45, 2.75) is 32.5 Å². The van der Waals surface area contributed by atoms with Crippen LogP contribution in [0.1, 0.15) is 24.1 Å². The summed E-state index contributed by atoms with van der Waals surface area (Å²) in [4.78, 5) is 18.3. The highest BCUT2D eigenvalue weighted by Crippen LogP contribution is 2.33. The predicted molar refractivity (Wildman–Crippen MR) is 80.3 cm³/mol. The maximum Gasteiger partial charge on any atom is 0.393 e. The molecule has 0 spiro atoms. The average molecular weight is 325 g/mol. The van der Waals surface area contributed by atoms with Gasteiger partial charge < -0.3 is 0 Å². The zero-order chi connectivity index (χ0) is 16.6. The zero-order valence-corrected chi connectivity index (χ0v) is 12.8. The van der Waals surface area contributed by atoms with Gasteiger partial charge >= 0.3 is 6.18 Å². The molecule has 0 amide bonds. The summed E-state index contributed by atoms with van der Waals surface area (Å²) in [5.41, 5.74) is 1.72. The number of piperidine rings is 1. The molecule has 1 atom stereocenters. The van der Waals surface area contributed by atoms with Crippen LogP contribution in [0.2, 0.25) is 0 Å². The molecule has 7 heteroatoms. The van der Waals surface area contributed by atoms with Gasteiger partial charge in [-0.25, -0.2) is 4.98 Å². The van der Waals surface area contributed by atoms with E-state index in [1.165, 1.54) is 10.5 Å². The quantitative estimate of drug-likeness (QED) is 0.852. The summed E-state index contributed by atoms with van der Waals surface area (Å²) in [6, 6.07) is 5.03. The normalized spacial score (nSPS) is 20.1. The van der Waals surface area contributed by atoms with Crippen LogP contribution in [0.3, 0.4) is 0 Å². The van der Waals surface area contributed by atoms with Crippen molar-refractivity contribution in [3.8, 4) is 0 Å². The van der Waals surface area contributed by atoms with Crippen molar-refractivity contribution < 1.29 is 13.2 Å². The number of aromatic nitrogens is 2. The van der Waals surface area contributed by atoms with Gasteiger partial charge in [-0.1, -0.05) is 6.07 Å². The number of nitrogens with zero attached hydrogens (tertiary/aromatic N) is 3. The van der Waals surface area contributed by atoms with Gasteiger partial charge in [-0.05, 0) is 37.9 Å². The lowest BCUT2D eigenvalue weighted by Crippen LogP contribution is -2.41. The number of pyridine rings is 1. The minimum absolute atomic E-state index is 0.0294. The molecule has 1 aliphatic heterocycles. The van der Waals surface area contributed by atoms with Crippen molar-refractivity contribution in [3.05, 3.63) is 46.0 Å². The summed E-state index contributed by atoms with van der Waals surface area (Å²) >= 11 is 0. The highest BCUT2D eigenvalue weighted by atomic mass is 19.4. The van der Waals surface area contributed by atoms with Crippen molar-refractivity contribution in [3.63, 3.8) is 0 Å². The molecular formula is C16H18F3N3O. The van der Waals surface area contributed by atoms with Gasteiger partial charge in [0.2, 0.25) is 0 Å². The van der Waals surface area contributed by atoms with Gasteiger partial charge in [-0.2, -0.15) is 13.2 Å². The number of likely N-dealkylation sites (tertiary alicyclic amines) is 1. The van der Waals surface area contributed by atoms with E-state index < -0.39 is 12.1 Å². The van der Waals surface area contributed by atoms with Crippen LogP contribution in [-0.4, -0.2) is 33.6 Å². The molecule has 0 N–H and O–H groups in total. The highest BCUT2D eigenvalue weighted by molar-refractivity contribution is 5.46. The van der Waals surface area contributed by atoms with E-state index in [-0.39, 0.29) is 25.1 Å². The number of rotatable bonds is 2. The minimum atomic E-state index is -4.16. The molecule has 1 fully saturated rings. The monoisotopic (exact) mass is 325 g/mol. The molecule has 0 radical (unpaired) electrons. The van der Waals surface area contributed by atoms with Gasteiger partial charge in [0.1, 0.15) is 5.65 Å². The molecule has 3 heterocycles. The smallest absolute Gasteiger partial charge is 0.297 e. The molecule has 3 rings (SSSR count). The minimum Gasteiger partial charge on any atom is -0.297 e. The van der Waals surface area contributed by atoms with Crippen LogP contribution < -0.4 is 5.56 Å². The Labute approximate surface area is 131 Å². The van der Waals surface area contributed by atoms with Crippen LogP contribution in [0.5, 0.6) is 0 Å². The molecule has 0 bridgehead atoms. The number of aryl methyl sites for hydroxylation is 1. The second-order valence-corrected chi connectivity index (χ2v) is 6.09. The Morgan fingerprint density at radius 2 is 2.17 bits per heavy atom. The molecule has 1 saturated heterocycles. The summed E-state index contributed by atoms with van der Waals surface area (Å²) < 4.78 is 40.1. The third kappa shape index (κ3) is 3.39. The Hall–Kier alpha value is -1.89.